The number of ether oxygens (including phenoxy) is 2. The molecule has 3 nitrogen and oxygen atoms in total. The van der Waals surface area contributed by atoms with E-state index in [9.17, 15) is 4.39 Å². The highest BCUT2D eigenvalue weighted by molar-refractivity contribution is 6.31. The summed E-state index contributed by atoms with van der Waals surface area (Å²) >= 11 is 6.03. The maximum atomic E-state index is 13.0. The second kappa shape index (κ2) is 5.75. The molecule has 1 heterocycles. The predicted octanol–water partition coefficient (Wildman–Crippen LogP) is 3.28. The third-order valence-corrected chi connectivity index (χ3v) is 3.48. The van der Waals surface area contributed by atoms with Gasteiger partial charge in [-0.05, 0) is 38.5 Å². The van der Waals surface area contributed by atoms with E-state index in [1.54, 1.807) is 6.07 Å². The fraction of sp³-hybridized carbons (Fsp3) is 0.571. The average Bonchev–Trinajstić information content (AvgIpc) is 2.66. The van der Waals surface area contributed by atoms with E-state index in [0.29, 0.717) is 18.2 Å². The molecule has 0 aromatic heterocycles. The van der Waals surface area contributed by atoms with Crippen LogP contribution in [0, 0.1) is 5.82 Å². The minimum atomic E-state index is -0.511. The molecule has 1 aromatic rings. The third-order valence-electron chi connectivity index (χ3n) is 3.15. The molecule has 1 aromatic carbocycles. The van der Waals surface area contributed by atoms with Gasteiger partial charge in [-0.15, -0.1) is 0 Å². The van der Waals surface area contributed by atoms with Crippen LogP contribution in [-0.2, 0) is 9.47 Å². The molecule has 106 valence electrons. The van der Waals surface area contributed by atoms with Crippen molar-refractivity contribution in [1.82, 2.24) is 5.32 Å². The topological polar surface area (TPSA) is 30.5 Å². The molecule has 0 saturated carbocycles. The number of hydrogen-bond acceptors (Lipinski definition) is 3. The Morgan fingerprint density at radius 1 is 1.53 bits per heavy atom. The van der Waals surface area contributed by atoms with E-state index < -0.39 is 5.79 Å². The SMILES string of the molecule is CC(NCC1COC(C)(C)O1)c1ccc(F)cc1Cl. The summed E-state index contributed by atoms with van der Waals surface area (Å²) in [4.78, 5) is 0. The molecular weight excluding hydrogens is 269 g/mol. The van der Waals surface area contributed by atoms with Crippen LogP contribution >= 0.6 is 11.6 Å². The number of rotatable bonds is 4. The highest BCUT2D eigenvalue weighted by atomic mass is 35.5. The summed E-state index contributed by atoms with van der Waals surface area (Å²) < 4.78 is 24.2. The van der Waals surface area contributed by atoms with Gasteiger partial charge in [-0.2, -0.15) is 0 Å². The minimum Gasteiger partial charge on any atom is -0.348 e. The summed E-state index contributed by atoms with van der Waals surface area (Å²) in [5.41, 5.74) is 0.876. The van der Waals surface area contributed by atoms with E-state index in [1.165, 1.54) is 12.1 Å². The van der Waals surface area contributed by atoms with Crippen molar-refractivity contribution in [2.24, 2.45) is 0 Å². The minimum absolute atomic E-state index is 0.0247. The summed E-state index contributed by atoms with van der Waals surface area (Å²) in [6, 6.07) is 4.47. The zero-order valence-electron chi connectivity index (χ0n) is 11.4. The lowest BCUT2D eigenvalue weighted by molar-refractivity contribution is -0.137. The first-order chi connectivity index (χ1) is 8.87. The molecule has 1 N–H and O–H groups in total. The molecule has 0 aliphatic carbocycles. The Labute approximate surface area is 118 Å². The second-order valence-electron chi connectivity index (χ2n) is 5.25. The molecule has 1 aliphatic heterocycles. The fourth-order valence-electron chi connectivity index (χ4n) is 2.13. The van der Waals surface area contributed by atoms with Crippen LogP contribution in [0.1, 0.15) is 32.4 Å². The van der Waals surface area contributed by atoms with Gasteiger partial charge >= 0.3 is 0 Å². The average molecular weight is 288 g/mol. The monoisotopic (exact) mass is 287 g/mol. The van der Waals surface area contributed by atoms with Crippen LogP contribution in [0.3, 0.4) is 0 Å². The Morgan fingerprint density at radius 2 is 2.26 bits per heavy atom. The summed E-state index contributed by atoms with van der Waals surface area (Å²) in [6.07, 6.45) is 0.0247. The zero-order chi connectivity index (χ0) is 14.0. The van der Waals surface area contributed by atoms with Crippen molar-refractivity contribution in [3.8, 4) is 0 Å². The Kier molecular flexibility index (Phi) is 4.46. The van der Waals surface area contributed by atoms with Gasteiger partial charge in [-0.3, -0.25) is 0 Å². The molecule has 1 saturated heterocycles. The first-order valence-corrected chi connectivity index (χ1v) is 6.75. The number of nitrogens with one attached hydrogen (secondary N) is 1. The van der Waals surface area contributed by atoms with Crippen molar-refractivity contribution in [1.29, 1.82) is 0 Å². The Hall–Kier alpha value is -0.680. The van der Waals surface area contributed by atoms with Crippen molar-refractivity contribution >= 4 is 11.6 Å². The van der Waals surface area contributed by atoms with Crippen LogP contribution in [0.2, 0.25) is 5.02 Å². The van der Waals surface area contributed by atoms with Crippen molar-refractivity contribution in [3.05, 3.63) is 34.6 Å². The van der Waals surface area contributed by atoms with Gasteiger partial charge in [0.25, 0.3) is 0 Å². The molecule has 19 heavy (non-hydrogen) atoms. The van der Waals surface area contributed by atoms with Crippen LogP contribution in [0.25, 0.3) is 0 Å². The molecule has 1 aliphatic rings. The molecule has 0 bridgehead atoms. The van der Waals surface area contributed by atoms with Gasteiger partial charge < -0.3 is 14.8 Å². The van der Waals surface area contributed by atoms with Gasteiger partial charge in [-0.25, -0.2) is 4.39 Å². The van der Waals surface area contributed by atoms with Crippen molar-refractivity contribution in [2.75, 3.05) is 13.2 Å². The number of hydrogen-bond donors (Lipinski definition) is 1. The van der Waals surface area contributed by atoms with Gasteiger partial charge in [0, 0.05) is 17.6 Å². The van der Waals surface area contributed by atoms with Crippen molar-refractivity contribution < 1.29 is 13.9 Å². The molecule has 0 spiro atoms. The molecule has 2 atom stereocenters. The fourth-order valence-corrected chi connectivity index (χ4v) is 2.47. The van der Waals surface area contributed by atoms with E-state index >= 15 is 0 Å². The lowest BCUT2D eigenvalue weighted by atomic mass is 10.1. The van der Waals surface area contributed by atoms with Crippen LogP contribution in [0.4, 0.5) is 4.39 Å². The van der Waals surface area contributed by atoms with Crippen LogP contribution in [-0.4, -0.2) is 25.0 Å². The van der Waals surface area contributed by atoms with Gasteiger partial charge in [-0.1, -0.05) is 17.7 Å². The Morgan fingerprint density at radius 3 is 2.84 bits per heavy atom. The summed E-state index contributed by atoms with van der Waals surface area (Å²) in [5, 5.41) is 3.76. The third kappa shape index (κ3) is 3.89. The lowest BCUT2D eigenvalue weighted by Gasteiger charge is -2.20. The van der Waals surface area contributed by atoms with Crippen molar-refractivity contribution in [2.45, 2.75) is 38.7 Å². The van der Waals surface area contributed by atoms with Gasteiger partial charge in [0.2, 0.25) is 0 Å². The Balaban J connectivity index is 1.89. The number of halogens is 2. The van der Waals surface area contributed by atoms with Crippen LogP contribution in [0.15, 0.2) is 18.2 Å². The first kappa shape index (κ1) is 14.7. The smallest absolute Gasteiger partial charge is 0.163 e. The summed E-state index contributed by atoms with van der Waals surface area (Å²) in [6.45, 7) is 7.02. The maximum absolute atomic E-state index is 13.0. The van der Waals surface area contributed by atoms with Gasteiger partial charge in [0.05, 0.1) is 12.7 Å². The van der Waals surface area contributed by atoms with E-state index in [1.807, 2.05) is 20.8 Å². The second-order valence-corrected chi connectivity index (χ2v) is 5.65. The van der Waals surface area contributed by atoms with Gasteiger partial charge in [0.1, 0.15) is 5.82 Å². The van der Waals surface area contributed by atoms with E-state index in [4.69, 9.17) is 21.1 Å². The molecule has 1 fully saturated rings. The molecule has 5 heteroatoms. The highest BCUT2D eigenvalue weighted by Gasteiger charge is 2.32. The largest absolute Gasteiger partial charge is 0.348 e. The summed E-state index contributed by atoms with van der Waals surface area (Å²) in [5.74, 6) is -0.835. The maximum Gasteiger partial charge on any atom is 0.163 e. The molecule has 2 unspecified atom stereocenters. The van der Waals surface area contributed by atoms with E-state index in [2.05, 4.69) is 5.32 Å². The molecular formula is C14H19ClFNO2. The normalized spacial score (nSPS) is 23.5. The quantitative estimate of drug-likeness (QED) is 0.922. The van der Waals surface area contributed by atoms with Crippen LogP contribution in [0.5, 0.6) is 0 Å². The molecule has 0 radical (unpaired) electrons. The lowest BCUT2D eigenvalue weighted by Crippen LogP contribution is -2.32. The predicted molar refractivity (Wildman–Crippen MR) is 72.7 cm³/mol. The van der Waals surface area contributed by atoms with Crippen molar-refractivity contribution in [3.63, 3.8) is 0 Å². The zero-order valence-corrected chi connectivity index (χ0v) is 12.1. The van der Waals surface area contributed by atoms with Crippen LogP contribution < -0.4 is 5.32 Å². The first-order valence-electron chi connectivity index (χ1n) is 6.37. The number of benzene rings is 1. The standard InChI is InChI=1S/C14H19ClFNO2/c1-9(12-5-4-10(16)6-13(12)15)17-7-11-8-18-14(2,3)19-11/h4-6,9,11,17H,7-8H2,1-3H3. The highest BCUT2D eigenvalue weighted by Crippen LogP contribution is 2.25. The van der Waals surface area contributed by atoms with E-state index in [0.717, 1.165) is 5.56 Å². The Bertz CT molecular complexity index is 453. The molecule has 2 rings (SSSR count). The molecule has 0 amide bonds. The van der Waals surface area contributed by atoms with Gasteiger partial charge in [0.15, 0.2) is 5.79 Å². The van der Waals surface area contributed by atoms with E-state index in [-0.39, 0.29) is 18.0 Å². The summed E-state index contributed by atoms with van der Waals surface area (Å²) in [7, 11) is 0.